The molecule has 0 unspecified atom stereocenters. The highest BCUT2D eigenvalue weighted by Crippen LogP contribution is 2.19. The highest BCUT2D eigenvalue weighted by Gasteiger charge is 2.12. The Bertz CT molecular complexity index is 886. The van der Waals surface area contributed by atoms with Crippen LogP contribution in [-0.4, -0.2) is 20.9 Å². The number of aryl methyl sites for hydroxylation is 3. The average molecular weight is 322 g/mol. The van der Waals surface area contributed by atoms with Gasteiger partial charge in [-0.25, -0.2) is 9.97 Å². The van der Waals surface area contributed by atoms with Gasteiger partial charge in [-0.15, -0.1) is 0 Å². The van der Waals surface area contributed by atoms with E-state index in [1.54, 1.807) is 6.07 Å². The lowest BCUT2D eigenvalue weighted by molar-refractivity contribution is 0.0945. The lowest BCUT2D eigenvalue weighted by Crippen LogP contribution is -2.25. The Balaban J connectivity index is 1.74. The number of hydrogen-bond donors (Lipinski definition) is 1. The van der Waals surface area contributed by atoms with Crippen molar-refractivity contribution in [1.82, 2.24) is 20.3 Å². The molecule has 0 bridgehead atoms. The third kappa shape index (κ3) is 3.48. The number of hydrogen-bond acceptors (Lipinski definition) is 5. The molecule has 24 heavy (non-hydrogen) atoms. The zero-order chi connectivity index (χ0) is 17.1. The molecule has 3 aromatic rings. The highest BCUT2D eigenvalue weighted by molar-refractivity contribution is 5.92. The second-order valence-electron chi connectivity index (χ2n) is 5.60. The van der Waals surface area contributed by atoms with Gasteiger partial charge in [-0.05, 0) is 50.6 Å². The third-order valence-electron chi connectivity index (χ3n) is 3.65. The van der Waals surface area contributed by atoms with Crippen molar-refractivity contribution in [2.24, 2.45) is 0 Å². The second kappa shape index (κ2) is 6.62. The Kier molecular flexibility index (Phi) is 4.37. The number of aromatic nitrogens is 3. The molecule has 0 saturated carbocycles. The predicted octanol–water partition coefficient (Wildman–Crippen LogP) is 2.99. The monoisotopic (exact) mass is 322 g/mol. The third-order valence-corrected chi connectivity index (χ3v) is 3.65. The standard InChI is InChI=1S/C18H18N4O2/c1-11-4-5-12(2)22-16(11)9-19-18(23)15-8-14(20-10-21-15)17-7-6-13(3)24-17/h4-8,10H,9H2,1-3H3,(H,19,23). The van der Waals surface area contributed by atoms with Crippen molar-refractivity contribution in [2.75, 3.05) is 0 Å². The van der Waals surface area contributed by atoms with Crippen LogP contribution < -0.4 is 5.32 Å². The lowest BCUT2D eigenvalue weighted by atomic mass is 10.2. The molecule has 6 nitrogen and oxygen atoms in total. The molecule has 0 aliphatic heterocycles. The summed E-state index contributed by atoms with van der Waals surface area (Å²) in [4.78, 5) is 25.0. The molecule has 0 aliphatic carbocycles. The summed E-state index contributed by atoms with van der Waals surface area (Å²) in [5, 5.41) is 2.84. The summed E-state index contributed by atoms with van der Waals surface area (Å²) in [6.07, 6.45) is 1.36. The van der Waals surface area contributed by atoms with Gasteiger partial charge in [0.2, 0.25) is 0 Å². The molecule has 0 aliphatic rings. The number of furan rings is 1. The molecule has 3 aromatic heterocycles. The van der Waals surface area contributed by atoms with Gasteiger partial charge in [0.15, 0.2) is 5.76 Å². The largest absolute Gasteiger partial charge is 0.460 e. The number of amides is 1. The predicted molar refractivity (Wildman–Crippen MR) is 89.4 cm³/mol. The van der Waals surface area contributed by atoms with Crippen molar-refractivity contribution in [1.29, 1.82) is 0 Å². The summed E-state index contributed by atoms with van der Waals surface area (Å²) in [5.74, 6) is 1.13. The number of nitrogens with zero attached hydrogens (tertiary/aromatic N) is 3. The van der Waals surface area contributed by atoms with Gasteiger partial charge in [-0.2, -0.15) is 0 Å². The number of pyridine rings is 1. The van der Waals surface area contributed by atoms with E-state index < -0.39 is 0 Å². The van der Waals surface area contributed by atoms with Gasteiger partial charge in [0.1, 0.15) is 23.5 Å². The van der Waals surface area contributed by atoms with Crippen LogP contribution in [0.15, 0.2) is 41.1 Å². The van der Waals surface area contributed by atoms with Gasteiger partial charge in [0.25, 0.3) is 5.91 Å². The van der Waals surface area contributed by atoms with E-state index in [9.17, 15) is 4.79 Å². The first-order valence-corrected chi connectivity index (χ1v) is 7.63. The van der Waals surface area contributed by atoms with Crippen LogP contribution in [0.1, 0.15) is 33.2 Å². The molecule has 122 valence electrons. The van der Waals surface area contributed by atoms with Gasteiger partial charge in [-0.3, -0.25) is 9.78 Å². The Hall–Kier alpha value is -3.02. The van der Waals surface area contributed by atoms with Crippen molar-refractivity contribution in [3.8, 4) is 11.5 Å². The molecule has 0 aromatic carbocycles. The summed E-state index contributed by atoms with van der Waals surface area (Å²) >= 11 is 0. The first-order chi connectivity index (χ1) is 11.5. The molecule has 0 saturated heterocycles. The molecule has 1 amide bonds. The molecule has 0 spiro atoms. The van der Waals surface area contributed by atoms with Crippen LogP contribution in [0.2, 0.25) is 0 Å². The molecule has 3 heterocycles. The smallest absolute Gasteiger partial charge is 0.270 e. The molecule has 6 heteroatoms. The Morgan fingerprint density at radius 1 is 1.12 bits per heavy atom. The van der Waals surface area contributed by atoms with Crippen LogP contribution in [0, 0.1) is 20.8 Å². The van der Waals surface area contributed by atoms with Crippen LogP contribution >= 0.6 is 0 Å². The Morgan fingerprint density at radius 3 is 2.71 bits per heavy atom. The molecule has 0 fully saturated rings. The van der Waals surface area contributed by atoms with E-state index in [0.29, 0.717) is 23.7 Å². The average Bonchev–Trinajstić information content (AvgIpc) is 3.02. The van der Waals surface area contributed by atoms with E-state index in [0.717, 1.165) is 22.7 Å². The van der Waals surface area contributed by atoms with Gasteiger partial charge >= 0.3 is 0 Å². The van der Waals surface area contributed by atoms with E-state index in [2.05, 4.69) is 20.3 Å². The van der Waals surface area contributed by atoms with Crippen LogP contribution in [0.25, 0.3) is 11.5 Å². The van der Waals surface area contributed by atoms with E-state index in [-0.39, 0.29) is 5.91 Å². The summed E-state index contributed by atoms with van der Waals surface area (Å²) in [5.41, 5.74) is 3.67. The number of carbonyl (C=O) groups excluding carboxylic acids is 1. The quantitative estimate of drug-likeness (QED) is 0.798. The normalized spacial score (nSPS) is 10.6. The van der Waals surface area contributed by atoms with Gasteiger partial charge in [0.05, 0.1) is 12.2 Å². The van der Waals surface area contributed by atoms with Gasteiger partial charge < -0.3 is 9.73 Å². The first-order valence-electron chi connectivity index (χ1n) is 7.63. The SMILES string of the molecule is Cc1ccc(C)c(CNC(=O)c2cc(-c3ccc(C)o3)ncn2)n1. The molecule has 0 atom stereocenters. The molecule has 1 N–H and O–H groups in total. The maximum Gasteiger partial charge on any atom is 0.270 e. The van der Waals surface area contributed by atoms with Crippen LogP contribution in [-0.2, 0) is 6.54 Å². The molecule has 0 radical (unpaired) electrons. The van der Waals surface area contributed by atoms with Crippen LogP contribution in [0.4, 0.5) is 0 Å². The summed E-state index contributed by atoms with van der Waals surface area (Å²) in [6, 6.07) is 9.22. The zero-order valence-corrected chi connectivity index (χ0v) is 13.8. The molecular formula is C18H18N4O2. The summed E-state index contributed by atoms with van der Waals surface area (Å²) in [6.45, 7) is 6.10. The van der Waals surface area contributed by atoms with Crippen molar-refractivity contribution in [3.63, 3.8) is 0 Å². The number of carbonyl (C=O) groups is 1. The van der Waals surface area contributed by atoms with Crippen molar-refractivity contribution in [3.05, 3.63) is 65.1 Å². The zero-order valence-electron chi connectivity index (χ0n) is 13.8. The number of rotatable bonds is 4. The van der Waals surface area contributed by atoms with Crippen molar-refractivity contribution >= 4 is 5.91 Å². The van der Waals surface area contributed by atoms with E-state index >= 15 is 0 Å². The summed E-state index contributed by atoms with van der Waals surface area (Å²) in [7, 11) is 0. The topological polar surface area (TPSA) is 80.9 Å². The minimum absolute atomic E-state index is 0.273. The maximum atomic E-state index is 12.3. The second-order valence-corrected chi connectivity index (χ2v) is 5.60. The van der Waals surface area contributed by atoms with Gasteiger partial charge in [0, 0.05) is 5.69 Å². The molecule has 3 rings (SSSR count). The molecular weight excluding hydrogens is 304 g/mol. The Labute approximate surface area is 140 Å². The maximum absolute atomic E-state index is 12.3. The van der Waals surface area contributed by atoms with Crippen LogP contribution in [0.5, 0.6) is 0 Å². The van der Waals surface area contributed by atoms with E-state index in [4.69, 9.17) is 4.42 Å². The fourth-order valence-electron chi connectivity index (χ4n) is 2.30. The van der Waals surface area contributed by atoms with Gasteiger partial charge in [-0.1, -0.05) is 6.07 Å². The van der Waals surface area contributed by atoms with Crippen molar-refractivity contribution in [2.45, 2.75) is 27.3 Å². The van der Waals surface area contributed by atoms with Crippen molar-refractivity contribution < 1.29 is 9.21 Å². The highest BCUT2D eigenvalue weighted by atomic mass is 16.3. The van der Waals surface area contributed by atoms with E-state index in [1.807, 2.05) is 45.0 Å². The van der Waals surface area contributed by atoms with E-state index in [1.165, 1.54) is 6.33 Å². The first kappa shape index (κ1) is 15.9. The summed E-state index contributed by atoms with van der Waals surface area (Å²) < 4.78 is 5.53. The van der Waals surface area contributed by atoms with Crippen LogP contribution in [0.3, 0.4) is 0 Å². The fraction of sp³-hybridized carbons (Fsp3) is 0.222. The minimum atomic E-state index is -0.273. The lowest BCUT2D eigenvalue weighted by Gasteiger charge is -2.08. The number of nitrogens with one attached hydrogen (secondary N) is 1. The minimum Gasteiger partial charge on any atom is -0.460 e. The fourth-order valence-corrected chi connectivity index (χ4v) is 2.30. The Morgan fingerprint density at radius 2 is 1.96 bits per heavy atom.